The maximum atomic E-state index is 14.1. The van der Waals surface area contributed by atoms with Crippen LogP contribution in [-0.2, 0) is 23.4 Å². The fraction of sp³-hybridized carbons (Fsp3) is 0.393. The number of carbonyl (C=O) groups is 1. The summed E-state index contributed by atoms with van der Waals surface area (Å²) in [5.41, 5.74) is -1.10. The van der Waals surface area contributed by atoms with Gasteiger partial charge in [-0.1, -0.05) is 59.3 Å². The highest BCUT2D eigenvalue weighted by Crippen LogP contribution is 2.47. The Kier molecular flexibility index (Phi) is 10.6. The number of carbonyl (C=O) groups excluding carboxylic acids is 1. The molecule has 3 N–H and O–H groups in total. The molecular weight excluding hydrogens is 633 g/mol. The Bertz CT molecular complexity index is 1600. The zero-order valence-electron chi connectivity index (χ0n) is 23.3. The minimum atomic E-state index is -4.28. The van der Waals surface area contributed by atoms with E-state index in [0.717, 1.165) is 9.95 Å². The molecule has 0 aliphatic carbocycles. The number of ether oxygens (including phenoxy) is 2. The van der Waals surface area contributed by atoms with Crippen LogP contribution in [0.2, 0.25) is 0 Å². The monoisotopic (exact) mass is 665 g/mol. The average molecular weight is 666 g/mol. The number of nitrogens with one attached hydrogen (secondary N) is 2. The molecule has 0 radical (unpaired) electrons. The maximum Gasteiger partial charge on any atom is 0.459 e. The number of aliphatic hydroxyl groups excluding tert-OH is 1. The molecule has 0 spiro atoms. The van der Waals surface area contributed by atoms with Gasteiger partial charge in [-0.15, -0.1) is 0 Å². The van der Waals surface area contributed by atoms with E-state index in [1.807, 2.05) is 25.1 Å². The molecule has 1 aliphatic heterocycles. The number of H-pyrrole nitrogens is 1. The van der Waals surface area contributed by atoms with Crippen molar-refractivity contribution < 1.29 is 33.0 Å². The molecule has 226 valence electrons. The van der Waals surface area contributed by atoms with Crippen LogP contribution in [0.4, 0.5) is 0 Å². The molecule has 1 aliphatic rings. The molecular formula is C28H33BrN3O9P. The van der Waals surface area contributed by atoms with Gasteiger partial charge < -0.3 is 19.1 Å². The van der Waals surface area contributed by atoms with Gasteiger partial charge in [0.1, 0.15) is 24.1 Å². The standard InChI is InChI=1S/C28H33BrN3O9P/c1-4-17(2)39-27(35)18(3)31-42(37,41-23-11-7-9-19-8-5-6-10-21(19)23)38-16-24-22(33)14-25(40-24)32-15-20(12-13-29)26(34)30-28(32)36/h5-13,15,17-18,22,24-25,33H,4,14,16H2,1-3H3,(H,31,37)(H,30,34,36)/b13-12+/t17?,18-,22-,24+,25+,42?/m0/s1. The van der Waals surface area contributed by atoms with Gasteiger partial charge in [-0.2, -0.15) is 5.09 Å². The predicted molar refractivity (Wildman–Crippen MR) is 160 cm³/mol. The number of rotatable bonds is 12. The van der Waals surface area contributed by atoms with Crippen LogP contribution in [0.25, 0.3) is 16.8 Å². The van der Waals surface area contributed by atoms with E-state index >= 15 is 0 Å². The van der Waals surface area contributed by atoms with Gasteiger partial charge in [0.25, 0.3) is 5.56 Å². The molecule has 3 aromatic rings. The van der Waals surface area contributed by atoms with Crippen molar-refractivity contribution in [2.24, 2.45) is 0 Å². The Balaban J connectivity index is 1.55. The van der Waals surface area contributed by atoms with Crippen LogP contribution in [0.15, 0.2) is 63.2 Å². The third-order valence-electron chi connectivity index (χ3n) is 6.73. The molecule has 2 aromatic carbocycles. The second-order valence-corrected chi connectivity index (χ2v) is 12.1. The first-order valence-electron chi connectivity index (χ1n) is 13.4. The summed E-state index contributed by atoms with van der Waals surface area (Å²) in [6, 6.07) is 11.5. The van der Waals surface area contributed by atoms with Crippen molar-refractivity contribution in [3.63, 3.8) is 0 Å². The lowest BCUT2D eigenvalue weighted by Crippen LogP contribution is -2.37. The number of aliphatic hydroxyl groups is 1. The molecule has 14 heteroatoms. The minimum Gasteiger partial charge on any atom is -0.462 e. The Hall–Kier alpha value is -3.06. The van der Waals surface area contributed by atoms with Gasteiger partial charge in [-0.3, -0.25) is 23.7 Å². The summed E-state index contributed by atoms with van der Waals surface area (Å²) < 4.78 is 38.2. The number of aromatic amines is 1. The molecule has 1 saturated heterocycles. The van der Waals surface area contributed by atoms with Crippen molar-refractivity contribution in [3.05, 3.63) is 80.0 Å². The summed E-state index contributed by atoms with van der Waals surface area (Å²) in [4.78, 5) is 40.8. The number of esters is 1. The highest BCUT2D eigenvalue weighted by atomic mass is 79.9. The van der Waals surface area contributed by atoms with Crippen molar-refractivity contribution in [2.45, 2.75) is 64.2 Å². The van der Waals surface area contributed by atoms with E-state index in [-0.39, 0.29) is 23.8 Å². The lowest BCUT2D eigenvalue weighted by molar-refractivity contribution is -0.150. The fourth-order valence-corrected chi connectivity index (χ4v) is 6.08. The van der Waals surface area contributed by atoms with Gasteiger partial charge in [0.2, 0.25) is 0 Å². The van der Waals surface area contributed by atoms with Crippen molar-refractivity contribution in [1.29, 1.82) is 0 Å². The summed E-state index contributed by atoms with van der Waals surface area (Å²) in [6.45, 7) is 4.68. The van der Waals surface area contributed by atoms with Gasteiger partial charge in [0, 0.05) is 18.0 Å². The number of benzene rings is 2. The molecule has 1 fully saturated rings. The lowest BCUT2D eigenvalue weighted by Gasteiger charge is -2.25. The second-order valence-electron chi connectivity index (χ2n) is 9.84. The minimum absolute atomic E-state index is 0.00299. The Morgan fingerprint density at radius 2 is 2.00 bits per heavy atom. The molecule has 6 atom stereocenters. The van der Waals surface area contributed by atoms with Crippen LogP contribution in [0.5, 0.6) is 5.75 Å². The topological polar surface area (TPSA) is 158 Å². The van der Waals surface area contributed by atoms with E-state index in [1.54, 1.807) is 31.2 Å². The smallest absolute Gasteiger partial charge is 0.459 e. The first-order chi connectivity index (χ1) is 20.0. The Labute approximate surface area is 250 Å². The van der Waals surface area contributed by atoms with Crippen LogP contribution < -0.4 is 20.9 Å². The molecule has 42 heavy (non-hydrogen) atoms. The van der Waals surface area contributed by atoms with E-state index in [1.165, 1.54) is 24.2 Å². The SMILES string of the molecule is CCC(C)OC(=O)[C@H](C)NP(=O)(OC[C@H]1O[C@@H](n2cc(/C=C/Br)c(=O)[nH]c2=O)C[C@@H]1O)Oc1cccc2ccccc12. The number of hydrogen-bond acceptors (Lipinski definition) is 9. The Morgan fingerprint density at radius 3 is 2.74 bits per heavy atom. The molecule has 12 nitrogen and oxygen atoms in total. The van der Waals surface area contributed by atoms with E-state index < -0.39 is 56.0 Å². The van der Waals surface area contributed by atoms with Crippen molar-refractivity contribution in [1.82, 2.24) is 14.6 Å². The van der Waals surface area contributed by atoms with Crippen molar-refractivity contribution in [3.8, 4) is 5.75 Å². The summed E-state index contributed by atoms with van der Waals surface area (Å²) in [5.74, 6) is -0.387. The predicted octanol–water partition coefficient (Wildman–Crippen LogP) is 4.23. The second kappa shape index (κ2) is 13.9. The number of nitrogens with zero attached hydrogens (tertiary/aromatic N) is 1. The summed E-state index contributed by atoms with van der Waals surface area (Å²) in [5, 5.41) is 14.9. The lowest BCUT2D eigenvalue weighted by atomic mass is 10.1. The van der Waals surface area contributed by atoms with Crippen LogP contribution in [-0.4, -0.2) is 51.6 Å². The highest BCUT2D eigenvalue weighted by molar-refractivity contribution is 9.11. The van der Waals surface area contributed by atoms with Crippen LogP contribution in [0, 0.1) is 0 Å². The summed E-state index contributed by atoms with van der Waals surface area (Å²) in [7, 11) is -4.28. The van der Waals surface area contributed by atoms with E-state index in [9.17, 15) is 24.1 Å². The quantitative estimate of drug-likeness (QED) is 0.189. The molecule has 0 amide bonds. The van der Waals surface area contributed by atoms with Gasteiger partial charge >= 0.3 is 19.4 Å². The van der Waals surface area contributed by atoms with Crippen molar-refractivity contribution >= 4 is 46.5 Å². The molecule has 2 heterocycles. The largest absolute Gasteiger partial charge is 0.462 e. The number of aromatic nitrogens is 2. The third-order valence-corrected chi connectivity index (χ3v) is 8.62. The van der Waals surface area contributed by atoms with E-state index in [4.69, 9.17) is 18.5 Å². The first kappa shape index (κ1) is 31.9. The number of halogens is 1. The Morgan fingerprint density at radius 1 is 1.26 bits per heavy atom. The fourth-order valence-electron chi connectivity index (χ4n) is 4.28. The van der Waals surface area contributed by atoms with Crippen LogP contribution in [0.1, 0.15) is 45.4 Å². The summed E-state index contributed by atoms with van der Waals surface area (Å²) >= 11 is 3.10. The molecule has 0 saturated carbocycles. The maximum absolute atomic E-state index is 14.1. The van der Waals surface area contributed by atoms with Crippen molar-refractivity contribution in [2.75, 3.05) is 6.61 Å². The molecule has 1 aromatic heterocycles. The van der Waals surface area contributed by atoms with Gasteiger partial charge in [0.05, 0.1) is 24.4 Å². The third kappa shape index (κ3) is 7.66. The average Bonchev–Trinajstić information content (AvgIpc) is 3.33. The first-order valence-corrected chi connectivity index (χ1v) is 15.9. The summed E-state index contributed by atoms with van der Waals surface area (Å²) in [6.07, 6.45) is -0.0278. The van der Waals surface area contributed by atoms with Crippen LogP contribution >= 0.6 is 23.7 Å². The zero-order valence-corrected chi connectivity index (χ0v) is 25.7. The zero-order chi connectivity index (χ0) is 30.4. The number of fused-ring (bicyclic) bond motifs is 1. The van der Waals surface area contributed by atoms with E-state index in [2.05, 4.69) is 26.0 Å². The van der Waals surface area contributed by atoms with Gasteiger partial charge in [-0.05, 0) is 42.8 Å². The number of hydrogen-bond donors (Lipinski definition) is 3. The van der Waals surface area contributed by atoms with Gasteiger partial charge in [0.15, 0.2) is 0 Å². The molecule has 0 bridgehead atoms. The highest BCUT2D eigenvalue weighted by Gasteiger charge is 2.40. The van der Waals surface area contributed by atoms with E-state index in [0.29, 0.717) is 11.8 Å². The molecule has 4 rings (SSSR count). The van der Waals surface area contributed by atoms with Gasteiger partial charge in [-0.25, -0.2) is 9.36 Å². The van der Waals surface area contributed by atoms with Crippen LogP contribution in [0.3, 0.4) is 0 Å². The molecule has 2 unspecified atom stereocenters. The normalized spacial score (nSPS) is 21.7.